The van der Waals surface area contributed by atoms with Crippen LogP contribution in [0.2, 0.25) is 0 Å². The van der Waals surface area contributed by atoms with Gasteiger partial charge in [-0.05, 0) is 50.4 Å². The Morgan fingerprint density at radius 3 is 2.67 bits per heavy atom. The molecular weight excluding hydrogens is 308 g/mol. The van der Waals surface area contributed by atoms with E-state index in [0.717, 1.165) is 36.5 Å². The minimum absolute atomic E-state index is 0.114. The molecule has 0 radical (unpaired) electrons. The van der Waals surface area contributed by atoms with Crippen molar-refractivity contribution in [3.8, 4) is 0 Å². The summed E-state index contributed by atoms with van der Waals surface area (Å²) in [6, 6.07) is 1.63. The molecule has 1 saturated heterocycles. The predicted octanol–water partition coefficient (Wildman–Crippen LogP) is 1.56. The van der Waals surface area contributed by atoms with Gasteiger partial charge in [-0.3, -0.25) is 0 Å². The van der Waals surface area contributed by atoms with Crippen LogP contribution in [0.3, 0.4) is 0 Å². The van der Waals surface area contributed by atoms with Gasteiger partial charge in [0.1, 0.15) is 4.21 Å². The van der Waals surface area contributed by atoms with Crippen molar-refractivity contribution in [1.29, 1.82) is 0 Å². The number of hydrogen-bond acceptors (Lipinski definition) is 5. The molecule has 1 aliphatic rings. The van der Waals surface area contributed by atoms with Crippen LogP contribution in [-0.2, 0) is 16.6 Å². The van der Waals surface area contributed by atoms with Gasteiger partial charge in [-0.2, -0.15) is 0 Å². The zero-order valence-corrected chi connectivity index (χ0v) is 14.3. The van der Waals surface area contributed by atoms with Crippen LogP contribution >= 0.6 is 11.3 Å². The van der Waals surface area contributed by atoms with E-state index >= 15 is 0 Å². The Bertz CT molecular complexity index is 563. The first-order valence-electron chi connectivity index (χ1n) is 7.34. The van der Waals surface area contributed by atoms with E-state index in [2.05, 4.69) is 16.5 Å². The van der Waals surface area contributed by atoms with Gasteiger partial charge in [0, 0.05) is 18.0 Å². The number of likely N-dealkylation sites (tertiary alicyclic amines) is 1. The lowest BCUT2D eigenvalue weighted by Gasteiger charge is -2.20. The van der Waals surface area contributed by atoms with E-state index in [0.29, 0.717) is 11.4 Å². The fourth-order valence-corrected chi connectivity index (χ4v) is 5.23. The second-order valence-corrected chi connectivity index (χ2v) is 8.93. The maximum absolute atomic E-state index is 12.3. The highest BCUT2D eigenvalue weighted by Gasteiger charge is 2.20. The third kappa shape index (κ3) is 4.50. The number of aliphatic hydroxyl groups is 1. The molecule has 0 spiro atoms. The van der Waals surface area contributed by atoms with Crippen LogP contribution < -0.4 is 4.72 Å². The quantitative estimate of drug-likeness (QED) is 0.795. The van der Waals surface area contributed by atoms with Crippen LogP contribution in [0.5, 0.6) is 0 Å². The summed E-state index contributed by atoms with van der Waals surface area (Å²) in [5.74, 6) is 0.288. The number of thiophene rings is 1. The summed E-state index contributed by atoms with van der Waals surface area (Å²) < 4.78 is 27.5. The maximum atomic E-state index is 12.3. The van der Waals surface area contributed by atoms with Gasteiger partial charge in [0.15, 0.2) is 0 Å². The normalized spacial score (nSPS) is 18.2. The lowest BCUT2D eigenvalue weighted by molar-refractivity contribution is 0.285. The first-order chi connectivity index (χ1) is 9.92. The fraction of sp³-hybridized carbons (Fsp3) is 0.714. The molecular formula is C14H24N2O3S2. The number of sulfonamides is 1. The molecule has 1 aromatic heterocycles. The summed E-state index contributed by atoms with van der Waals surface area (Å²) in [6.45, 7) is 7.41. The van der Waals surface area contributed by atoms with Crippen molar-refractivity contribution >= 4 is 21.4 Å². The summed E-state index contributed by atoms with van der Waals surface area (Å²) in [7, 11) is -3.46. The zero-order valence-electron chi connectivity index (χ0n) is 12.6. The van der Waals surface area contributed by atoms with Gasteiger partial charge in [-0.15, -0.1) is 11.3 Å². The average molecular weight is 332 g/mol. The van der Waals surface area contributed by atoms with Crippen LogP contribution in [-0.4, -0.2) is 44.6 Å². The van der Waals surface area contributed by atoms with Crippen molar-refractivity contribution < 1.29 is 13.5 Å². The van der Waals surface area contributed by atoms with Gasteiger partial charge < -0.3 is 10.0 Å². The van der Waals surface area contributed by atoms with Crippen LogP contribution in [0.1, 0.15) is 30.2 Å². The van der Waals surface area contributed by atoms with Crippen LogP contribution in [0.4, 0.5) is 0 Å². The summed E-state index contributed by atoms with van der Waals surface area (Å²) >= 11 is 1.14. The second-order valence-electron chi connectivity index (χ2n) is 5.79. The van der Waals surface area contributed by atoms with Gasteiger partial charge >= 0.3 is 0 Å². The molecule has 0 aromatic carbocycles. The standard InChI is InChI=1S/C14H24N2O3S2/c1-11(9-16-5-3-4-6-16)8-15-21(18,19)14-7-12(2)13(10-17)20-14/h7,11,15,17H,3-6,8-10H2,1-2H3. The number of hydrogen-bond donors (Lipinski definition) is 2. The molecule has 5 nitrogen and oxygen atoms in total. The smallest absolute Gasteiger partial charge is 0.250 e. The number of nitrogens with one attached hydrogen (secondary N) is 1. The van der Waals surface area contributed by atoms with E-state index in [4.69, 9.17) is 5.11 Å². The Morgan fingerprint density at radius 1 is 1.43 bits per heavy atom. The van der Waals surface area contributed by atoms with Crippen molar-refractivity contribution in [2.45, 2.75) is 37.5 Å². The molecule has 21 heavy (non-hydrogen) atoms. The molecule has 1 fully saturated rings. The summed E-state index contributed by atoms with van der Waals surface area (Å²) in [4.78, 5) is 3.10. The van der Waals surface area contributed by atoms with Crippen LogP contribution in [0, 0.1) is 12.8 Å². The Balaban J connectivity index is 1.90. The average Bonchev–Trinajstić information content (AvgIpc) is 3.06. The molecule has 0 amide bonds. The highest BCUT2D eigenvalue weighted by atomic mass is 32.2. The van der Waals surface area contributed by atoms with Gasteiger partial charge in [-0.25, -0.2) is 13.1 Å². The summed E-state index contributed by atoms with van der Waals surface area (Å²) in [5, 5.41) is 9.16. The van der Waals surface area contributed by atoms with Crippen molar-refractivity contribution in [3.63, 3.8) is 0 Å². The van der Waals surface area contributed by atoms with Crippen molar-refractivity contribution in [2.75, 3.05) is 26.2 Å². The molecule has 1 atom stereocenters. The molecule has 0 saturated carbocycles. The minimum Gasteiger partial charge on any atom is -0.391 e. The molecule has 7 heteroatoms. The van der Waals surface area contributed by atoms with Crippen molar-refractivity contribution in [3.05, 3.63) is 16.5 Å². The first kappa shape index (κ1) is 16.9. The van der Waals surface area contributed by atoms with Crippen LogP contribution in [0.25, 0.3) is 0 Å². The molecule has 120 valence electrons. The van der Waals surface area contributed by atoms with Gasteiger partial charge in [0.2, 0.25) is 10.0 Å². The van der Waals surface area contributed by atoms with E-state index < -0.39 is 10.0 Å². The second kappa shape index (κ2) is 7.19. The summed E-state index contributed by atoms with van der Waals surface area (Å²) in [5.41, 5.74) is 0.827. The molecule has 0 bridgehead atoms. The lowest BCUT2D eigenvalue weighted by atomic mass is 10.2. The number of nitrogens with zero attached hydrogens (tertiary/aromatic N) is 1. The lowest BCUT2D eigenvalue weighted by Crippen LogP contribution is -2.34. The summed E-state index contributed by atoms with van der Waals surface area (Å²) in [6.07, 6.45) is 2.49. The van der Waals surface area contributed by atoms with Gasteiger partial charge in [-0.1, -0.05) is 6.92 Å². The SMILES string of the molecule is Cc1cc(S(=O)(=O)NCC(C)CN2CCCC2)sc1CO. The molecule has 1 aliphatic heterocycles. The van der Waals surface area contributed by atoms with Gasteiger partial charge in [0.25, 0.3) is 0 Å². The number of aliphatic hydroxyl groups excluding tert-OH is 1. The van der Waals surface area contributed by atoms with E-state index in [-0.39, 0.29) is 16.7 Å². The van der Waals surface area contributed by atoms with Crippen molar-refractivity contribution in [2.24, 2.45) is 5.92 Å². The minimum atomic E-state index is -3.46. The monoisotopic (exact) mass is 332 g/mol. The Labute approximate surface area is 131 Å². The Hall–Kier alpha value is -0.470. The third-order valence-electron chi connectivity index (χ3n) is 3.80. The third-order valence-corrected chi connectivity index (χ3v) is 6.92. The largest absolute Gasteiger partial charge is 0.391 e. The number of aryl methyl sites for hydroxylation is 1. The maximum Gasteiger partial charge on any atom is 0.250 e. The zero-order chi connectivity index (χ0) is 15.5. The highest BCUT2D eigenvalue weighted by molar-refractivity contribution is 7.91. The molecule has 0 aliphatic carbocycles. The fourth-order valence-electron chi connectivity index (χ4n) is 2.57. The van der Waals surface area contributed by atoms with E-state index in [9.17, 15) is 8.42 Å². The van der Waals surface area contributed by atoms with E-state index in [1.165, 1.54) is 12.8 Å². The Morgan fingerprint density at radius 2 is 2.10 bits per heavy atom. The van der Waals surface area contributed by atoms with Crippen molar-refractivity contribution in [1.82, 2.24) is 9.62 Å². The topological polar surface area (TPSA) is 69.6 Å². The Kier molecular flexibility index (Phi) is 5.79. The predicted molar refractivity (Wildman–Crippen MR) is 85.0 cm³/mol. The highest BCUT2D eigenvalue weighted by Crippen LogP contribution is 2.25. The first-order valence-corrected chi connectivity index (χ1v) is 9.64. The number of rotatable bonds is 7. The molecule has 2 heterocycles. The molecule has 1 aromatic rings. The molecule has 1 unspecified atom stereocenters. The van der Waals surface area contributed by atoms with Gasteiger partial charge in [0.05, 0.1) is 6.61 Å². The van der Waals surface area contributed by atoms with E-state index in [1.807, 2.05) is 6.92 Å². The van der Waals surface area contributed by atoms with E-state index in [1.54, 1.807) is 6.07 Å². The van der Waals surface area contributed by atoms with Crippen LogP contribution in [0.15, 0.2) is 10.3 Å². The molecule has 2 N–H and O–H groups in total. The molecule has 2 rings (SSSR count).